The van der Waals surface area contributed by atoms with Crippen LogP contribution in [0.25, 0.3) is 101 Å². The third-order valence-corrected chi connectivity index (χ3v) is 24.9. The molecule has 0 unspecified atom stereocenters. The van der Waals surface area contributed by atoms with Gasteiger partial charge in [0.2, 0.25) is 0 Å². The van der Waals surface area contributed by atoms with Crippen LogP contribution in [0, 0.1) is 17.5 Å². The first-order chi connectivity index (χ1) is 50.3. The van der Waals surface area contributed by atoms with Crippen molar-refractivity contribution in [2.24, 2.45) is 0 Å². The first kappa shape index (κ1) is 75.0. The molecule has 0 spiro atoms. The lowest BCUT2D eigenvalue weighted by Gasteiger charge is -1.96. The largest absolute Gasteiger partial charge is 0.508 e. The van der Waals surface area contributed by atoms with Gasteiger partial charge >= 0.3 is 0 Å². The highest BCUT2D eigenvalue weighted by Gasteiger charge is 2.04. The summed E-state index contributed by atoms with van der Waals surface area (Å²) in [7, 11) is 0. The van der Waals surface area contributed by atoms with Crippen molar-refractivity contribution in [1.82, 2.24) is 0 Å². The van der Waals surface area contributed by atoms with Gasteiger partial charge in [-0.15, -0.1) is 113 Å². The zero-order valence-electron chi connectivity index (χ0n) is 56.0. The highest BCUT2D eigenvalue weighted by Crippen LogP contribution is 2.32. The van der Waals surface area contributed by atoms with Gasteiger partial charge in [-0.25, -0.2) is 13.2 Å². The van der Waals surface area contributed by atoms with Gasteiger partial charge in [-0.2, -0.15) is 0 Å². The van der Waals surface area contributed by atoms with Gasteiger partial charge < -0.3 is 20.4 Å². The van der Waals surface area contributed by atoms with E-state index < -0.39 is 0 Å². The molecule has 0 radical (unpaired) electrons. The normalized spacial score (nSPS) is 10.5. The molecular weight excluding hydrogens is 1470 g/mol. The summed E-state index contributed by atoms with van der Waals surface area (Å²) in [5.41, 5.74) is 4.33. The Hall–Kier alpha value is -9.21. The summed E-state index contributed by atoms with van der Waals surface area (Å²) in [5.74, 6) is 0.992. The average Bonchev–Trinajstić information content (AvgIpc) is 1.76. The van der Waals surface area contributed by atoms with Crippen molar-refractivity contribution in [2.45, 2.75) is 40.0 Å². The second kappa shape index (κ2) is 37.8. The summed E-state index contributed by atoms with van der Waals surface area (Å²) in [6.45, 7) is 6.58. The summed E-state index contributed by atoms with van der Waals surface area (Å²) < 4.78 is 49.8. The van der Waals surface area contributed by atoms with E-state index in [9.17, 15) is 23.4 Å². The van der Waals surface area contributed by atoms with E-state index >= 15 is 0 Å². The Kier molecular flexibility index (Phi) is 27.5. The smallest absolute Gasteiger partial charge is 0.133 e. The van der Waals surface area contributed by atoms with Gasteiger partial charge in [0, 0.05) is 53.1 Å². The number of hydrogen-bond donors (Lipinski definition) is 4. The van der Waals surface area contributed by atoms with E-state index in [2.05, 4.69) is 110 Å². The van der Waals surface area contributed by atoms with Crippen molar-refractivity contribution in [1.29, 1.82) is 0 Å². The summed E-state index contributed by atoms with van der Waals surface area (Å²) in [5, 5.41) is 68.3. The molecule has 0 atom stereocenters. The van der Waals surface area contributed by atoms with E-state index in [4.69, 9.17) is 10.2 Å². The first-order valence-electron chi connectivity index (χ1n) is 32.7. The van der Waals surface area contributed by atoms with Gasteiger partial charge in [0.25, 0.3) is 0 Å². The number of halogens is 3. The second-order valence-corrected chi connectivity index (χ2v) is 32.1. The minimum Gasteiger partial charge on any atom is -0.508 e. The van der Waals surface area contributed by atoms with Crippen LogP contribution < -0.4 is 0 Å². The van der Waals surface area contributed by atoms with Gasteiger partial charge in [-0.05, 0) is 303 Å². The number of fused-ring (bicyclic) bond motifs is 10. The lowest BCUT2D eigenvalue weighted by molar-refractivity contribution is 0.475. The van der Waals surface area contributed by atoms with Crippen LogP contribution in [-0.4, -0.2) is 20.4 Å². The molecule has 0 saturated heterocycles. The number of thiophene rings is 10. The molecule has 0 amide bonds. The van der Waals surface area contributed by atoms with E-state index in [0.29, 0.717) is 23.0 Å². The van der Waals surface area contributed by atoms with Crippen LogP contribution in [-0.2, 0) is 19.3 Å². The van der Waals surface area contributed by atoms with Gasteiger partial charge in [-0.3, -0.25) is 0 Å². The fourth-order valence-corrected chi connectivity index (χ4v) is 18.7. The number of hydrogen-bond acceptors (Lipinski definition) is 14. The van der Waals surface area contributed by atoms with Crippen LogP contribution in [0.3, 0.4) is 0 Å². The maximum atomic E-state index is 12.8. The molecule has 10 aromatic carbocycles. The molecule has 0 saturated carbocycles. The van der Waals surface area contributed by atoms with Crippen molar-refractivity contribution < 1.29 is 33.6 Å². The van der Waals surface area contributed by atoms with E-state index in [-0.39, 0.29) is 17.5 Å². The number of phenols is 4. The fourth-order valence-electron chi connectivity index (χ4n) is 10.5. The predicted octanol–water partition coefficient (Wildman–Crippen LogP) is 29.9. The highest BCUT2D eigenvalue weighted by atomic mass is 32.1. The van der Waals surface area contributed by atoms with Crippen LogP contribution in [0.4, 0.5) is 13.2 Å². The second-order valence-electron chi connectivity index (χ2n) is 22.7. The topological polar surface area (TPSA) is 80.9 Å². The Balaban J connectivity index is 0.000000115. The molecule has 4 N–H and O–H groups in total. The third-order valence-electron chi connectivity index (χ3n) is 15.9. The van der Waals surface area contributed by atoms with Crippen LogP contribution >= 0.6 is 113 Å². The SMILES string of the molecule is CCc1ccc2ccsc2c1.CCc1ccc2sccc2c1.CCc1cccc2ccsc12.Fc1ccc2ccsc2c1.Fc1ccc2sccc2c1.Fc1cccc2sccc12.Oc1ccc2ccsc2c1.Oc1ccc2sccc2c1.Oc1cccc2ccsc12.Oc1cccc2sccc12. The Morgan fingerprint density at radius 2 is 0.650 bits per heavy atom. The van der Waals surface area contributed by atoms with Crippen LogP contribution in [0.15, 0.2) is 296 Å². The molecule has 10 heterocycles. The molecule has 0 fully saturated rings. The summed E-state index contributed by atoms with van der Waals surface area (Å²) in [6.07, 6.45) is 3.40. The first-order valence-corrected chi connectivity index (χ1v) is 41.5. The molecule has 103 heavy (non-hydrogen) atoms. The third kappa shape index (κ3) is 21.0. The zero-order valence-corrected chi connectivity index (χ0v) is 64.2. The molecule has 518 valence electrons. The minimum atomic E-state index is -0.161. The monoisotopic (exact) mass is 1540 g/mol. The van der Waals surface area contributed by atoms with Crippen molar-refractivity contribution >= 4 is 214 Å². The molecule has 0 aliphatic heterocycles. The molecule has 20 rings (SSSR count). The highest BCUT2D eigenvalue weighted by molar-refractivity contribution is 7.20. The van der Waals surface area contributed by atoms with Crippen molar-refractivity contribution in [3.63, 3.8) is 0 Å². The number of benzene rings is 10. The molecule has 0 bridgehead atoms. The Labute approximate surface area is 635 Å². The quantitative estimate of drug-likeness (QED) is 0.142. The van der Waals surface area contributed by atoms with Crippen molar-refractivity contribution in [3.05, 3.63) is 331 Å². The summed E-state index contributed by atoms with van der Waals surface area (Å²) in [4.78, 5) is 0. The number of aromatic hydroxyl groups is 4. The number of rotatable bonds is 3. The maximum absolute atomic E-state index is 12.8. The van der Waals surface area contributed by atoms with Crippen molar-refractivity contribution in [2.75, 3.05) is 0 Å². The number of aryl methyl sites for hydroxylation is 3. The molecule has 0 aliphatic carbocycles. The maximum Gasteiger partial charge on any atom is 0.133 e. The molecule has 0 aliphatic rings. The van der Waals surface area contributed by atoms with Crippen LogP contribution in [0.5, 0.6) is 23.0 Å². The van der Waals surface area contributed by atoms with Gasteiger partial charge in [-0.1, -0.05) is 93.6 Å². The Morgan fingerprint density at radius 1 is 0.252 bits per heavy atom. The lowest BCUT2D eigenvalue weighted by Crippen LogP contribution is -1.77. The van der Waals surface area contributed by atoms with Crippen molar-refractivity contribution in [3.8, 4) is 23.0 Å². The molecular formula is C86H69F3O4S10. The zero-order chi connectivity index (χ0) is 71.9. The predicted molar refractivity (Wildman–Crippen MR) is 453 cm³/mol. The molecule has 10 aromatic heterocycles. The van der Waals surface area contributed by atoms with Gasteiger partial charge in [0.05, 0.1) is 4.70 Å². The summed E-state index contributed by atoms with van der Waals surface area (Å²) >= 11 is 16.7. The molecule has 20 aromatic rings. The number of phenolic OH excluding ortho intramolecular Hbond substituents is 4. The molecule has 17 heteroatoms. The Morgan fingerprint density at radius 3 is 1.27 bits per heavy atom. The summed E-state index contributed by atoms with van der Waals surface area (Å²) in [6, 6.07) is 76.8. The molecule has 4 nitrogen and oxygen atoms in total. The van der Waals surface area contributed by atoms with E-state index in [1.807, 2.05) is 139 Å². The minimum absolute atomic E-state index is 0.126. The van der Waals surface area contributed by atoms with Crippen LogP contribution in [0.1, 0.15) is 37.5 Å². The van der Waals surface area contributed by atoms with E-state index in [0.717, 1.165) is 79.8 Å². The fraction of sp³-hybridized carbons (Fsp3) is 0.0698. The lowest BCUT2D eigenvalue weighted by atomic mass is 10.1. The van der Waals surface area contributed by atoms with Gasteiger partial charge in [0.15, 0.2) is 0 Å². The Bertz CT molecular complexity index is 5420. The van der Waals surface area contributed by atoms with E-state index in [1.165, 1.54) is 75.2 Å². The van der Waals surface area contributed by atoms with Gasteiger partial charge in [0.1, 0.15) is 40.4 Å². The van der Waals surface area contributed by atoms with Crippen LogP contribution in [0.2, 0.25) is 0 Å². The standard InChI is InChI=1S/3C10H10S.3C8H5FS.4C8H6OS/c1-2-8-3-4-10-9(7-8)5-6-11-10;1-2-8-3-4-9-5-6-11-10(9)7-8;1-2-8-4-3-5-9-6-7-11-10(8)9;9-7-1-2-8-6(5-7)3-4-10-8;9-7-2-1-6-3-4-10-8(6)5-7;9-7-2-1-3-8-6(7)4-5-10-8;9-7-1-2-8-6(5-7)3-4-10-8;9-7-2-1-6-3-4-10-8(6)5-7;9-7-2-1-3-8-6(7)4-5-10-8;9-7-3-1-2-6-4-5-10-8(6)7/h3*3-7H,2H2,1H3;3*1-5H;4*1-5,9H. The average molecular weight is 1540 g/mol. The van der Waals surface area contributed by atoms with E-state index in [1.54, 1.807) is 163 Å².